The van der Waals surface area contributed by atoms with E-state index >= 15 is 0 Å². The maximum Gasteiger partial charge on any atom is 0.0565 e. The van der Waals surface area contributed by atoms with E-state index in [1.54, 1.807) is 6.07 Å². The number of halogens is 4. The first-order chi connectivity index (χ1) is 5.04. The van der Waals surface area contributed by atoms with Gasteiger partial charge in [0.05, 0.1) is 5.02 Å². The molecule has 0 unspecified atom stereocenters. The Morgan fingerprint density at radius 3 is 2.45 bits per heavy atom. The van der Waals surface area contributed by atoms with Crippen LogP contribution in [0.25, 0.3) is 0 Å². The van der Waals surface area contributed by atoms with Gasteiger partial charge in [-0.3, -0.25) is 0 Å². The van der Waals surface area contributed by atoms with Crippen molar-refractivity contribution in [3.05, 3.63) is 29.7 Å². The maximum absolute atomic E-state index is 5.87. The summed E-state index contributed by atoms with van der Waals surface area (Å²) in [5.74, 6) is 0. The summed E-state index contributed by atoms with van der Waals surface area (Å²) in [5.41, 5.74) is 1.03. The van der Waals surface area contributed by atoms with Crippen LogP contribution in [0.3, 0.4) is 0 Å². The molecule has 0 aromatic heterocycles. The van der Waals surface area contributed by atoms with Gasteiger partial charge in [-0.2, -0.15) is 0 Å². The Balaban J connectivity index is 3.46. The molecule has 0 aliphatic carbocycles. The van der Waals surface area contributed by atoms with E-state index in [9.17, 15) is 0 Å². The van der Waals surface area contributed by atoms with Crippen molar-refractivity contribution in [3.63, 3.8) is 0 Å². The first kappa shape index (κ1) is 10.1. The van der Waals surface area contributed by atoms with Crippen LogP contribution < -0.4 is 0 Å². The molecular weight excluding hydrogens is 362 g/mol. The van der Waals surface area contributed by atoms with Gasteiger partial charge in [0.25, 0.3) is 0 Å². The minimum atomic E-state index is 0.688. The molecule has 0 saturated heterocycles. The summed E-state index contributed by atoms with van der Waals surface area (Å²) in [6, 6.07) is 1.75. The molecule has 4 heteroatoms. The van der Waals surface area contributed by atoms with Crippen molar-refractivity contribution in [2.45, 2.75) is 6.92 Å². The summed E-state index contributed by atoms with van der Waals surface area (Å²) >= 11 is 17.3. The lowest BCUT2D eigenvalue weighted by atomic mass is 10.2. The van der Waals surface area contributed by atoms with E-state index in [0.29, 0.717) is 10.0 Å². The van der Waals surface area contributed by atoms with E-state index in [1.165, 1.54) is 0 Å². The lowest BCUT2D eigenvalue weighted by molar-refractivity contribution is 1.40. The molecule has 0 radical (unpaired) electrons. The minimum Gasteiger partial charge on any atom is -0.0840 e. The van der Waals surface area contributed by atoms with Crippen LogP contribution in [0, 0.1) is 10.5 Å². The molecule has 0 nitrogen and oxygen atoms in total. The average molecular weight is 366 g/mol. The molecule has 0 amide bonds. The predicted octanol–water partition coefficient (Wildman–Crippen LogP) is 4.67. The Morgan fingerprint density at radius 2 is 1.91 bits per heavy atom. The molecule has 0 heterocycles. The molecule has 0 bridgehead atoms. The highest BCUT2D eigenvalue weighted by Gasteiger charge is 2.08. The van der Waals surface area contributed by atoms with Gasteiger partial charge >= 0.3 is 0 Å². The molecule has 1 aromatic rings. The number of hydrogen-bond acceptors (Lipinski definition) is 0. The molecule has 0 N–H and O–H groups in total. The lowest BCUT2D eigenvalue weighted by Gasteiger charge is -2.04. The molecule has 0 spiro atoms. The van der Waals surface area contributed by atoms with Crippen molar-refractivity contribution in [1.82, 2.24) is 0 Å². The topological polar surface area (TPSA) is 0 Å². The molecule has 11 heavy (non-hydrogen) atoms. The summed E-state index contributed by atoms with van der Waals surface area (Å²) in [6.45, 7) is 1.95. The van der Waals surface area contributed by atoms with Gasteiger partial charge in [0.1, 0.15) is 0 Å². The van der Waals surface area contributed by atoms with Gasteiger partial charge in [0.2, 0.25) is 0 Å². The Kier molecular flexibility index (Phi) is 3.50. The Morgan fingerprint density at radius 1 is 1.36 bits per heavy atom. The lowest BCUT2D eigenvalue weighted by Crippen LogP contribution is -1.83. The maximum atomic E-state index is 5.87. The molecule has 0 saturated carbocycles. The Bertz CT molecular complexity index is 273. The van der Waals surface area contributed by atoms with Gasteiger partial charge in [0.15, 0.2) is 0 Å². The quantitative estimate of drug-likeness (QED) is 0.356. The van der Waals surface area contributed by atoms with Crippen LogP contribution in [0.15, 0.2) is 10.5 Å². The number of rotatable bonds is 0. The molecule has 0 fully saturated rings. The predicted molar refractivity (Wildman–Crippen MR) is 61.6 cm³/mol. The van der Waals surface area contributed by atoms with E-state index < -0.39 is 0 Å². The van der Waals surface area contributed by atoms with Crippen LogP contribution in [0.2, 0.25) is 10.0 Å². The van der Waals surface area contributed by atoms with Gasteiger partial charge in [-0.05, 0) is 57.1 Å². The highest BCUT2D eigenvalue weighted by Crippen LogP contribution is 2.34. The van der Waals surface area contributed by atoms with Gasteiger partial charge in [-0.1, -0.05) is 23.2 Å². The Labute approximate surface area is 97.5 Å². The average Bonchev–Trinajstić information content (AvgIpc) is 1.97. The largest absolute Gasteiger partial charge is 0.0840 e. The van der Waals surface area contributed by atoms with E-state index in [0.717, 1.165) is 13.6 Å². The van der Waals surface area contributed by atoms with Crippen LogP contribution in [-0.2, 0) is 0 Å². The zero-order valence-electron chi connectivity index (χ0n) is 5.59. The van der Waals surface area contributed by atoms with Crippen molar-refractivity contribution < 1.29 is 0 Å². The van der Waals surface area contributed by atoms with Crippen LogP contribution in [0.5, 0.6) is 0 Å². The zero-order chi connectivity index (χ0) is 8.59. The third kappa shape index (κ3) is 2.02. The standard InChI is InChI=1S/C7H4BrCl2I/c1-3-4(9)2-5(10)7(11)6(3)8/h2H,1H3. The van der Waals surface area contributed by atoms with Crippen LogP contribution in [0.4, 0.5) is 0 Å². The van der Waals surface area contributed by atoms with E-state index in [2.05, 4.69) is 38.5 Å². The third-order valence-electron chi connectivity index (χ3n) is 1.34. The molecular formula is C7H4BrCl2I. The van der Waals surface area contributed by atoms with Gasteiger partial charge in [-0.25, -0.2) is 0 Å². The van der Waals surface area contributed by atoms with Crippen molar-refractivity contribution in [1.29, 1.82) is 0 Å². The van der Waals surface area contributed by atoms with E-state index in [-0.39, 0.29) is 0 Å². The minimum absolute atomic E-state index is 0.688. The normalized spacial score (nSPS) is 10.3. The van der Waals surface area contributed by atoms with Crippen LogP contribution in [0.1, 0.15) is 5.56 Å². The second-order valence-electron chi connectivity index (χ2n) is 2.09. The van der Waals surface area contributed by atoms with Gasteiger partial charge < -0.3 is 0 Å². The molecule has 0 aliphatic heterocycles. The third-order valence-corrected chi connectivity index (χ3v) is 5.21. The second-order valence-corrected chi connectivity index (χ2v) is 4.78. The number of benzene rings is 1. The second kappa shape index (κ2) is 3.81. The highest BCUT2D eigenvalue weighted by atomic mass is 127. The molecule has 60 valence electrons. The zero-order valence-corrected chi connectivity index (χ0v) is 10.8. The summed E-state index contributed by atoms with van der Waals surface area (Å²) in [6.07, 6.45) is 0. The first-order valence-corrected chi connectivity index (χ1v) is 5.46. The fraction of sp³-hybridized carbons (Fsp3) is 0.143. The summed E-state index contributed by atoms with van der Waals surface area (Å²) in [4.78, 5) is 0. The van der Waals surface area contributed by atoms with Crippen molar-refractivity contribution in [2.24, 2.45) is 0 Å². The van der Waals surface area contributed by atoms with Gasteiger partial charge in [-0.15, -0.1) is 0 Å². The molecule has 0 aliphatic rings. The fourth-order valence-electron chi connectivity index (χ4n) is 0.657. The SMILES string of the molecule is Cc1c(Cl)cc(Cl)c(I)c1Br. The van der Waals surface area contributed by atoms with E-state index in [1.807, 2.05) is 6.92 Å². The van der Waals surface area contributed by atoms with E-state index in [4.69, 9.17) is 23.2 Å². The highest BCUT2D eigenvalue weighted by molar-refractivity contribution is 14.1. The van der Waals surface area contributed by atoms with Crippen LogP contribution >= 0.6 is 61.7 Å². The van der Waals surface area contributed by atoms with Crippen molar-refractivity contribution in [2.75, 3.05) is 0 Å². The molecule has 0 atom stereocenters. The fourth-order valence-corrected chi connectivity index (χ4v) is 2.34. The number of hydrogen-bond donors (Lipinski definition) is 0. The molecule has 1 rings (SSSR count). The first-order valence-electron chi connectivity index (χ1n) is 2.83. The summed E-state index contributed by atoms with van der Waals surface area (Å²) in [5, 5.41) is 1.38. The molecule has 1 aromatic carbocycles. The monoisotopic (exact) mass is 364 g/mol. The van der Waals surface area contributed by atoms with Gasteiger partial charge in [0, 0.05) is 13.1 Å². The summed E-state index contributed by atoms with van der Waals surface area (Å²) < 4.78 is 1.99. The summed E-state index contributed by atoms with van der Waals surface area (Å²) in [7, 11) is 0. The Hall–Kier alpha value is 1.01. The van der Waals surface area contributed by atoms with Crippen molar-refractivity contribution in [3.8, 4) is 0 Å². The van der Waals surface area contributed by atoms with Crippen LogP contribution in [-0.4, -0.2) is 0 Å². The van der Waals surface area contributed by atoms with Crippen molar-refractivity contribution >= 4 is 61.7 Å². The smallest absolute Gasteiger partial charge is 0.0565 e.